The van der Waals surface area contributed by atoms with Gasteiger partial charge in [-0.1, -0.05) is 0 Å². The highest BCUT2D eigenvalue weighted by Gasteiger charge is 2.79. The van der Waals surface area contributed by atoms with Crippen LogP contribution < -0.4 is 0 Å². The highest BCUT2D eigenvalue weighted by atomic mass is 32.2. The number of ether oxygens (including phenoxy) is 4. The van der Waals surface area contributed by atoms with Crippen molar-refractivity contribution in [1.29, 1.82) is 0 Å². The van der Waals surface area contributed by atoms with Crippen molar-refractivity contribution in [2.24, 2.45) is 0 Å². The largest absolute Gasteiger partial charge is 0.450 e. The van der Waals surface area contributed by atoms with E-state index in [0.29, 0.717) is 0 Å². The van der Waals surface area contributed by atoms with Crippen molar-refractivity contribution in [3.63, 3.8) is 0 Å². The lowest BCUT2D eigenvalue weighted by atomic mass is 9.99. The molecule has 10 nitrogen and oxygen atoms in total. The number of hydrogen-bond donors (Lipinski definition) is 0. The second kappa shape index (κ2) is 21.3. The molecule has 0 aromatic heterocycles. The quantitative estimate of drug-likeness (QED) is 0.123. The molecule has 0 aromatic rings. The van der Waals surface area contributed by atoms with Gasteiger partial charge in [0, 0.05) is 34.6 Å². The summed E-state index contributed by atoms with van der Waals surface area (Å²) in [5.74, 6) is -62.2. The van der Waals surface area contributed by atoms with Crippen molar-refractivity contribution >= 4 is 21.2 Å². The van der Waals surface area contributed by atoms with Gasteiger partial charge in [0.2, 0.25) is 0 Å². The van der Waals surface area contributed by atoms with Gasteiger partial charge < -0.3 is 18.9 Å². The number of halogens is 26. The summed E-state index contributed by atoms with van der Waals surface area (Å²) < 4.78 is 398. The topological polar surface area (TPSA) is 139 Å². The van der Waals surface area contributed by atoms with E-state index in [1.807, 2.05) is 0 Å². The fourth-order valence-corrected chi connectivity index (χ4v) is 2.60. The van der Waals surface area contributed by atoms with Crippen LogP contribution in [0.2, 0.25) is 0 Å². The lowest BCUT2D eigenvalue weighted by molar-refractivity contribution is -0.408. The first-order chi connectivity index (χ1) is 26.0. The van der Waals surface area contributed by atoms with E-state index in [4.69, 9.17) is 25.3 Å². The molecule has 0 fully saturated rings. The maximum Gasteiger partial charge on any atom is 0.450 e. The minimum absolute atomic E-state index is 0.0258. The molecule has 0 bridgehead atoms. The highest BCUT2D eigenvalue weighted by Crippen LogP contribution is 2.54. The van der Waals surface area contributed by atoms with E-state index >= 15 is 0 Å². The molecule has 0 aliphatic rings. The summed E-state index contributed by atoms with van der Waals surface area (Å²) in [7, 11) is -6.22. The molecule has 0 rings (SSSR count). The van der Waals surface area contributed by atoms with Crippen LogP contribution in [0.25, 0.3) is 0 Å². The van der Waals surface area contributed by atoms with Gasteiger partial charge in [0.25, 0.3) is 24.1 Å². The predicted octanol–water partition coefficient (Wildman–Crippen LogP) is 8.63. The fourth-order valence-electron chi connectivity index (χ4n) is 2.60. The number of rotatable bonds is 18. The van der Waals surface area contributed by atoms with Crippen LogP contribution in [-0.2, 0) is 40.2 Å². The highest BCUT2D eigenvalue weighted by molar-refractivity contribution is 7.59. The van der Waals surface area contributed by atoms with Crippen molar-refractivity contribution < 1.29 is 158 Å². The summed E-state index contributed by atoms with van der Waals surface area (Å²) in [6.07, 6.45) is -16.2. The molecule has 4 unspecified atom stereocenters. The second-order valence-electron chi connectivity index (χ2n) is 11.4. The molecule has 0 spiro atoms. The molecule has 0 saturated heterocycles. The van der Waals surface area contributed by atoms with Crippen LogP contribution >= 0.6 is 0 Å². The van der Waals surface area contributed by atoms with E-state index in [9.17, 15) is 114 Å². The summed E-state index contributed by atoms with van der Waals surface area (Å²) in [5, 5.41) is 0. The molecule has 38 heteroatoms. The molecule has 370 valence electrons. The molecule has 0 aliphatic heterocycles. The standard InChI is InChI=1S/C12H13F13O2.C11H11F13O2.2O3S/c1-6(13,14)4-27-9(18,12(23,24)25)5-26-8(3,17)11(21,22)10(19,20)7(2,15)16;1-6(14,15)9(18,19)10(20,21)7(2,16)26-4-8(17,11(22,23)24)25-3-5(12)13;2*1-4(2)3/h4-5H2,1-3H3;5H,3-4H2,1-2H3;;. The molecule has 0 N–H and O–H groups in total. The summed E-state index contributed by atoms with van der Waals surface area (Å²) >= 11 is 0. The zero-order chi connectivity index (χ0) is 50.9. The lowest BCUT2D eigenvalue weighted by Gasteiger charge is -2.39. The van der Waals surface area contributed by atoms with Gasteiger partial charge in [0.05, 0.1) is 0 Å². The predicted molar refractivity (Wildman–Crippen MR) is 140 cm³/mol. The van der Waals surface area contributed by atoms with Crippen molar-refractivity contribution in [2.45, 2.75) is 118 Å². The Morgan fingerprint density at radius 1 is 0.377 bits per heavy atom. The van der Waals surface area contributed by atoms with E-state index in [1.54, 1.807) is 0 Å². The molecule has 0 heterocycles. The maximum absolute atomic E-state index is 13.8. The Labute approximate surface area is 324 Å². The van der Waals surface area contributed by atoms with E-state index in [-0.39, 0.29) is 6.92 Å². The molecule has 0 saturated carbocycles. The van der Waals surface area contributed by atoms with Crippen LogP contribution in [0.1, 0.15) is 34.6 Å². The average molecular weight is 1020 g/mol. The van der Waals surface area contributed by atoms with E-state index in [1.165, 1.54) is 0 Å². The first-order valence-corrected chi connectivity index (χ1v) is 15.9. The SMILES string of the molecule is CC(F)(F)C(F)(F)C(F)(F)C(C)(F)OCC(F)(OCC(F)F)C(F)(F)F.CC(F)(F)COC(F)(COC(C)(F)C(F)(F)C(F)(F)C(C)(F)F)C(F)(F)F.O=S(=O)=O.O=S(=O)=O. The smallest absolute Gasteiger partial charge is 0.335 e. The van der Waals surface area contributed by atoms with Crippen LogP contribution in [-0.4, -0.2) is 135 Å². The summed E-state index contributed by atoms with van der Waals surface area (Å²) in [4.78, 5) is 0. The van der Waals surface area contributed by atoms with Crippen LogP contribution in [0.5, 0.6) is 0 Å². The molecular formula is C23H24F26O10S2. The van der Waals surface area contributed by atoms with E-state index in [0.717, 1.165) is 0 Å². The monoisotopic (exact) mass is 1020 g/mol. The molecular weight excluding hydrogens is 994 g/mol. The average Bonchev–Trinajstić information content (AvgIpc) is 2.97. The third-order valence-electron chi connectivity index (χ3n) is 5.91. The minimum Gasteiger partial charge on any atom is -0.335 e. The van der Waals surface area contributed by atoms with Crippen LogP contribution in [0.3, 0.4) is 0 Å². The second-order valence-corrected chi connectivity index (χ2v) is 12.2. The first-order valence-electron chi connectivity index (χ1n) is 13.9. The Bertz CT molecular complexity index is 1540. The van der Waals surface area contributed by atoms with Gasteiger partial charge in [0.1, 0.15) is 26.4 Å². The number of alkyl halides is 26. The third kappa shape index (κ3) is 18.9. The normalized spacial score (nSPS) is 17.7. The van der Waals surface area contributed by atoms with E-state index < -0.39 is 159 Å². The van der Waals surface area contributed by atoms with Gasteiger partial charge in [0.15, 0.2) is 0 Å². The fraction of sp³-hybridized carbons (Fsp3) is 1.00. The van der Waals surface area contributed by atoms with Gasteiger partial charge in [-0.25, -0.2) is 26.3 Å². The van der Waals surface area contributed by atoms with Gasteiger partial charge in [-0.2, -0.15) is 87.8 Å². The van der Waals surface area contributed by atoms with Gasteiger partial charge in [-0.15, -0.1) is 25.3 Å². The molecule has 0 amide bonds. The van der Waals surface area contributed by atoms with Gasteiger partial charge >= 0.3 is 80.8 Å². The minimum atomic E-state index is -6.47. The molecule has 0 aliphatic carbocycles. The van der Waals surface area contributed by atoms with Crippen LogP contribution in [0.4, 0.5) is 114 Å². The number of hydrogen-bond acceptors (Lipinski definition) is 10. The summed E-state index contributed by atoms with van der Waals surface area (Å²) in [5.41, 5.74) is 0. The third-order valence-corrected chi connectivity index (χ3v) is 5.91. The Morgan fingerprint density at radius 3 is 0.787 bits per heavy atom. The van der Waals surface area contributed by atoms with Crippen molar-refractivity contribution in [1.82, 2.24) is 0 Å². The zero-order valence-electron chi connectivity index (χ0n) is 29.6. The molecule has 61 heavy (non-hydrogen) atoms. The Kier molecular flexibility index (Phi) is 22.6. The van der Waals surface area contributed by atoms with Crippen molar-refractivity contribution in [3.05, 3.63) is 0 Å². The van der Waals surface area contributed by atoms with Crippen LogP contribution in [0, 0.1) is 0 Å². The lowest BCUT2D eigenvalue weighted by Crippen LogP contribution is -2.63. The Hall–Kier alpha value is -2.74. The summed E-state index contributed by atoms with van der Waals surface area (Å²) in [6.45, 7) is -13.3. The molecule has 0 aromatic carbocycles. The van der Waals surface area contributed by atoms with Crippen molar-refractivity contribution in [3.8, 4) is 0 Å². The zero-order valence-corrected chi connectivity index (χ0v) is 31.3. The van der Waals surface area contributed by atoms with Crippen molar-refractivity contribution in [2.75, 3.05) is 26.4 Å². The summed E-state index contributed by atoms with van der Waals surface area (Å²) in [6, 6.07) is 0. The van der Waals surface area contributed by atoms with Gasteiger partial charge in [-0.05, 0) is 0 Å². The van der Waals surface area contributed by atoms with Crippen LogP contribution in [0.15, 0.2) is 0 Å². The molecule has 0 radical (unpaired) electrons. The Morgan fingerprint density at radius 2 is 0.607 bits per heavy atom. The molecule has 4 atom stereocenters. The Balaban J connectivity index is -0.000000452. The van der Waals surface area contributed by atoms with E-state index in [2.05, 4.69) is 18.9 Å². The van der Waals surface area contributed by atoms with Gasteiger partial charge in [-0.3, -0.25) is 0 Å². The first kappa shape index (κ1) is 64.9. The maximum atomic E-state index is 13.8.